The lowest BCUT2D eigenvalue weighted by atomic mass is 10.1. The SMILES string of the molecule is COC(=O)CCCN(C)C(=O)c1ccc(CN(C)C)cc1. The van der Waals surface area contributed by atoms with Gasteiger partial charge in [-0.15, -0.1) is 0 Å². The Bertz CT molecular complexity index is 469. The second-order valence-corrected chi connectivity index (χ2v) is 5.34. The van der Waals surface area contributed by atoms with E-state index in [1.54, 1.807) is 11.9 Å². The van der Waals surface area contributed by atoms with Gasteiger partial charge in [0.15, 0.2) is 0 Å². The summed E-state index contributed by atoms with van der Waals surface area (Å²) in [5, 5.41) is 0. The summed E-state index contributed by atoms with van der Waals surface area (Å²) in [6.07, 6.45) is 0.934. The summed E-state index contributed by atoms with van der Waals surface area (Å²) in [5.74, 6) is -0.278. The molecule has 0 heterocycles. The van der Waals surface area contributed by atoms with E-state index in [1.165, 1.54) is 12.7 Å². The van der Waals surface area contributed by atoms with Crippen molar-refractivity contribution in [3.63, 3.8) is 0 Å². The van der Waals surface area contributed by atoms with Gasteiger partial charge in [0, 0.05) is 32.1 Å². The Labute approximate surface area is 126 Å². The van der Waals surface area contributed by atoms with Crippen LogP contribution in [0.4, 0.5) is 0 Å². The number of carbonyl (C=O) groups is 2. The molecule has 0 saturated carbocycles. The normalized spacial score (nSPS) is 10.5. The third-order valence-electron chi connectivity index (χ3n) is 3.15. The number of hydrogen-bond acceptors (Lipinski definition) is 4. The summed E-state index contributed by atoms with van der Waals surface area (Å²) in [4.78, 5) is 27.0. The molecule has 0 saturated heterocycles. The van der Waals surface area contributed by atoms with Gasteiger partial charge in [0.25, 0.3) is 5.91 Å². The lowest BCUT2D eigenvalue weighted by molar-refractivity contribution is -0.140. The zero-order chi connectivity index (χ0) is 15.8. The van der Waals surface area contributed by atoms with Crippen molar-refractivity contribution in [3.8, 4) is 0 Å². The Morgan fingerprint density at radius 3 is 2.24 bits per heavy atom. The number of amides is 1. The van der Waals surface area contributed by atoms with Crippen molar-refractivity contribution < 1.29 is 14.3 Å². The highest BCUT2D eigenvalue weighted by atomic mass is 16.5. The van der Waals surface area contributed by atoms with Gasteiger partial charge in [0.05, 0.1) is 7.11 Å². The Hall–Kier alpha value is -1.88. The monoisotopic (exact) mass is 292 g/mol. The Morgan fingerprint density at radius 1 is 1.10 bits per heavy atom. The van der Waals surface area contributed by atoms with Crippen LogP contribution in [0.25, 0.3) is 0 Å². The maximum atomic E-state index is 12.2. The molecule has 1 aromatic rings. The molecule has 0 unspecified atom stereocenters. The van der Waals surface area contributed by atoms with Crippen LogP contribution in [0.1, 0.15) is 28.8 Å². The van der Waals surface area contributed by atoms with Crippen LogP contribution in [0.15, 0.2) is 24.3 Å². The number of rotatable bonds is 7. The van der Waals surface area contributed by atoms with Gasteiger partial charge in [-0.05, 0) is 38.2 Å². The number of methoxy groups -OCH3 is 1. The van der Waals surface area contributed by atoms with E-state index in [0.717, 1.165) is 6.54 Å². The second kappa shape index (κ2) is 8.42. The highest BCUT2D eigenvalue weighted by Gasteiger charge is 2.12. The van der Waals surface area contributed by atoms with Gasteiger partial charge in [0.2, 0.25) is 0 Å². The van der Waals surface area contributed by atoms with Gasteiger partial charge in [0.1, 0.15) is 0 Å². The molecule has 0 aliphatic heterocycles. The molecule has 1 rings (SSSR count). The number of ether oxygens (including phenoxy) is 1. The van der Waals surface area contributed by atoms with Crippen LogP contribution in [0, 0.1) is 0 Å². The van der Waals surface area contributed by atoms with E-state index < -0.39 is 0 Å². The first-order valence-corrected chi connectivity index (χ1v) is 7.00. The molecule has 0 N–H and O–H groups in total. The smallest absolute Gasteiger partial charge is 0.305 e. The first-order chi connectivity index (χ1) is 9.93. The number of benzene rings is 1. The van der Waals surface area contributed by atoms with Gasteiger partial charge in [-0.25, -0.2) is 0 Å². The van der Waals surface area contributed by atoms with E-state index in [0.29, 0.717) is 24.9 Å². The van der Waals surface area contributed by atoms with Crippen molar-refractivity contribution in [1.29, 1.82) is 0 Å². The molecule has 0 aromatic heterocycles. The Morgan fingerprint density at radius 2 is 1.71 bits per heavy atom. The third kappa shape index (κ3) is 5.95. The largest absolute Gasteiger partial charge is 0.469 e. The fraction of sp³-hybridized carbons (Fsp3) is 0.500. The van der Waals surface area contributed by atoms with E-state index in [-0.39, 0.29) is 11.9 Å². The quantitative estimate of drug-likeness (QED) is 0.719. The maximum absolute atomic E-state index is 12.2. The molecule has 5 heteroatoms. The van der Waals surface area contributed by atoms with Crippen molar-refractivity contribution in [2.45, 2.75) is 19.4 Å². The molecular formula is C16H24N2O3. The summed E-state index contributed by atoms with van der Waals surface area (Å²) >= 11 is 0. The average Bonchev–Trinajstić information content (AvgIpc) is 2.46. The molecule has 0 aliphatic carbocycles. The number of hydrogen-bond donors (Lipinski definition) is 0. The van der Waals surface area contributed by atoms with Crippen LogP contribution >= 0.6 is 0 Å². The lowest BCUT2D eigenvalue weighted by Crippen LogP contribution is -2.28. The van der Waals surface area contributed by atoms with Crippen molar-refractivity contribution >= 4 is 11.9 Å². The topological polar surface area (TPSA) is 49.9 Å². The van der Waals surface area contributed by atoms with Crippen molar-refractivity contribution in [3.05, 3.63) is 35.4 Å². The summed E-state index contributed by atoms with van der Waals surface area (Å²) in [5.41, 5.74) is 1.84. The predicted octanol–water partition coefficient (Wildman–Crippen LogP) is 1.77. The van der Waals surface area contributed by atoms with E-state index in [4.69, 9.17) is 0 Å². The molecule has 0 radical (unpaired) electrons. The minimum Gasteiger partial charge on any atom is -0.469 e. The molecule has 0 bridgehead atoms. The minimum atomic E-state index is -0.246. The van der Waals surface area contributed by atoms with Gasteiger partial charge >= 0.3 is 5.97 Å². The second-order valence-electron chi connectivity index (χ2n) is 5.34. The van der Waals surface area contributed by atoms with Gasteiger partial charge in [-0.3, -0.25) is 9.59 Å². The highest BCUT2D eigenvalue weighted by Crippen LogP contribution is 2.09. The van der Waals surface area contributed by atoms with E-state index in [1.807, 2.05) is 38.4 Å². The number of carbonyl (C=O) groups excluding carboxylic acids is 2. The van der Waals surface area contributed by atoms with E-state index in [2.05, 4.69) is 9.64 Å². The molecule has 5 nitrogen and oxygen atoms in total. The lowest BCUT2D eigenvalue weighted by Gasteiger charge is -2.17. The average molecular weight is 292 g/mol. The zero-order valence-corrected chi connectivity index (χ0v) is 13.3. The number of esters is 1. The minimum absolute atomic E-state index is 0.0312. The molecule has 1 aromatic carbocycles. The summed E-state index contributed by atoms with van der Waals surface area (Å²) in [6.45, 7) is 1.39. The zero-order valence-electron chi connectivity index (χ0n) is 13.3. The summed E-state index contributed by atoms with van der Waals surface area (Å²) in [6, 6.07) is 7.63. The van der Waals surface area contributed by atoms with Crippen LogP contribution in [0.2, 0.25) is 0 Å². The van der Waals surface area contributed by atoms with E-state index >= 15 is 0 Å². The first kappa shape index (κ1) is 17.2. The van der Waals surface area contributed by atoms with Gasteiger partial charge in [-0.2, -0.15) is 0 Å². The third-order valence-corrected chi connectivity index (χ3v) is 3.15. The maximum Gasteiger partial charge on any atom is 0.305 e. The van der Waals surface area contributed by atoms with Crippen LogP contribution in [-0.2, 0) is 16.1 Å². The molecular weight excluding hydrogens is 268 g/mol. The predicted molar refractivity (Wildman–Crippen MR) is 82.0 cm³/mol. The Balaban J connectivity index is 2.51. The van der Waals surface area contributed by atoms with Gasteiger partial charge < -0.3 is 14.5 Å². The van der Waals surface area contributed by atoms with Crippen LogP contribution < -0.4 is 0 Å². The number of nitrogens with zero attached hydrogens (tertiary/aromatic N) is 2. The summed E-state index contributed by atoms with van der Waals surface area (Å²) in [7, 11) is 7.13. The molecule has 1 amide bonds. The van der Waals surface area contributed by atoms with E-state index in [9.17, 15) is 9.59 Å². The van der Waals surface area contributed by atoms with Crippen LogP contribution in [0.3, 0.4) is 0 Å². The molecule has 0 spiro atoms. The fourth-order valence-corrected chi connectivity index (χ4v) is 2.00. The van der Waals surface area contributed by atoms with Crippen LogP contribution in [-0.4, -0.2) is 56.5 Å². The molecule has 21 heavy (non-hydrogen) atoms. The van der Waals surface area contributed by atoms with Crippen LogP contribution in [0.5, 0.6) is 0 Å². The first-order valence-electron chi connectivity index (χ1n) is 7.00. The van der Waals surface area contributed by atoms with Crippen molar-refractivity contribution in [2.75, 3.05) is 34.8 Å². The fourth-order valence-electron chi connectivity index (χ4n) is 2.00. The highest BCUT2D eigenvalue weighted by molar-refractivity contribution is 5.94. The molecule has 0 fully saturated rings. The summed E-state index contributed by atoms with van der Waals surface area (Å²) < 4.78 is 4.58. The molecule has 0 atom stereocenters. The molecule has 116 valence electrons. The van der Waals surface area contributed by atoms with Crippen molar-refractivity contribution in [2.24, 2.45) is 0 Å². The Kier molecular flexibility index (Phi) is 6.88. The molecule has 0 aliphatic rings. The standard InChI is InChI=1S/C16H24N2O3/c1-17(2)12-13-7-9-14(10-8-13)16(20)18(3)11-5-6-15(19)21-4/h7-10H,5-6,11-12H2,1-4H3. The van der Waals surface area contributed by atoms with Crippen molar-refractivity contribution in [1.82, 2.24) is 9.80 Å². The van der Waals surface area contributed by atoms with Gasteiger partial charge in [-0.1, -0.05) is 12.1 Å².